The Bertz CT molecular complexity index is 1930. The van der Waals surface area contributed by atoms with Crippen molar-refractivity contribution < 1.29 is 19.1 Å². The van der Waals surface area contributed by atoms with Gasteiger partial charge in [0.2, 0.25) is 0 Å². The zero-order valence-corrected chi connectivity index (χ0v) is 35.9. The maximum absolute atomic E-state index is 12.3. The maximum atomic E-state index is 12.3. The van der Waals surface area contributed by atoms with Crippen molar-refractivity contribution in [2.45, 2.75) is 90.3 Å². The quantitative estimate of drug-likeness (QED) is 0.192. The van der Waals surface area contributed by atoms with Gasteiger partial charge in [-0.15, -0.1) is 0 Å². The number of benzene rings is 4. The molecule has 0 saturated carbocycles. The molecule has 10 heteroatoms. The van der Waals surface area contributed by atoms with Gasteiger partial charge in [0, 0.05) is 36.2 Å². The largest absolute Gasteiger partial charge is 0.444 e. The number of nitrogens with zero attached hydrogens (tertiary/aromatic N) is 4. The Labute approximate surface area is 354 Å². The number of piperidine rings is 2. The topological polar surface area (TPSA) is 107 Å². The number of hydrogen-bond acceptors (Lipinski definition) is 6. The Morgan fingerprint density at radius 3 is 1.17 bits per heavy atom. The van der Waals surface area contributed by atoms with Crippen molar-refractivity contribution in [1.29, 1.82) is 10.5 Å². The van der Waals surface area contributed by atoms with Crippen LogP contribution in [0.3, 0.4) is 0 Å². The summed E-state index contributed by atoms with van der Waals surface area (Å²) in [6.45, 7) is 13.7. The molecule has 0 aliphatic carbocycles. The second kappa shape index (κ2) is 19.6. The molecule has 0 radical (unpaired) electrons. The van der Waals surface area contributed by atoms with Crippen LogP contribution in [0.1, 0.15) is 90.2 Å². The summed E-state index contributed by atoms with van der Waals surface area (Å²) in [5, 5.41) is 21.4. The molecule has 2 amide bonds. The summed E-state index contributed by atoms with van der Waals surface area (Å²) in [6, 6.07) is 36.6. The van der Waals surface area contributed by atoms with Gasteiger partial charge in [-0.1, -0.05) is 96.0 Å². The third-order valence-electron chi connectivity index (χ3n) is 10.5. The van der Waals surface area contributed by atoms with Crippen LogP contribution in [-0.4, -0.2) is 59.4 Å². The lowest BCUT2D eigenvalue weighted by Crippen LogP contribution is -2.42. The Hall–Kier alpha value is -5.02. The Kier molecular flexibility index (Phi) is 14.9. The smallest absolute Gasteiger partial charge is 0.410 e. The van der Waals surface area contributed by atoms with E-state index in [1.165, 1.54) is 0 Å². The molecule has 2 aliphatic rings. The summed E-state index contributed by atoms with van der Waals surface area (Å²) in [5.74, 6) is -0.0374. The van der Waals surface area contributed by atoms with E-state index in [-0.39, 0.29) is 35.9 Å². The zero-order chi connectivity index (χ0) is 42.0. The minimum atomic E-state index is -0.499. The fourth-order valence-electron chi connectivity index (χ4n) is 7.66. The van der Waals surface area contributed by atoms with Crippen molar-refractivity contribution in [3.8, 4) is 34.4 Å². The van der Waals surface area contributed by atoms with E-state index in [1.54, 1.807) is 9.80 Å². The van der Waals surface area contributed by atoms with Gasteiger partial charge >= 0.3 is 12.2 Å². The van der Waals surface area contributed by atoms with Crippen molar-refractivity contribution in [2.75, 3.05) is 26.2 Å². The highest BCUT2D eigenvalue weighted by Gasteiger charge is 2.34. The summed E-state index contributed by atoms with van der Waals surface area (Å²) in [6.07, 6.45) is 2.59. The van der Waals surface area contributed by atoms with E-state index < -0.39 is 11.2 Å². The summed E-state index contributed by atoms with van der Waals surface area (Å²) in [5.41, 5.74) is 5.30. The molecular formula is C48H54Cl2N4O4. The first-order valence-electron chi connectivity index (χ1n) is 20.0. The predicted octanol–water partition coefficient (Wildman–Crippen LogP) is 12.5. The number of likely N-dealkylation sites (tertiary alicyclic amines) is 2. The van der Waals surface area contributed by atoms with Gasteiger partial charge in [-0.2, -0.15) is 10.5 Å². The highest BCUT2D eigenvalue weighted by Crippen LogP contribution is 2.40. The normalized spacial score (nSPS) is 16.2. The van der Waals surface area contributed by atoms with Crippen LogP contribution >= 0.6 is 23.2 Å². The number of hydrogen-bond donors (Lipinski definition) is 0. The molecule has 0 bridgehead atoms. The third-order valence-corrected chi connectivity index (χ3v) is 11.0. The van der Waals surface area contributed by atoms with E-state index in [4.69, 9.17) is 32.7 Å². The third kappa shape index (κ3) is 12.0. The van der Waals surface area contributed by atoms with Crippen LogP contribution < -0.4 is 0 Å². The van der Waals surface area contributed by atoms with Crippen LogP contribution in [0.15, 0.2) is 97.1 Å². The molecule has 4 aromatic carbocycles. The molecule has 2 saturated heterocycles. The molecule has 0 N–H and O–H groups in total. The molecule has 2 aliphatic heterocycles. The second-order valence-corrected chi connectivity index (χ2v) is 17.9. The summed E-state index contributed by atoms with van der Waals surface area (Å²) in [7, 11) is 0. The summed E-state index contributed by atoms with van der Waals surface area (Å²) < 4.78 is 11.0. The summed E-state index contributed by atoms with van der Waals surface area (Å²) >= 11 is 12.1. The van der Waals surface area contributed by atoms with Gasteiger partial charge in [-0.25, -0.2) is 9.59 Å². The van der Waals surface area contributed by atoms with Crippen molar-refractivity contribution in [3.05, 3.63) is 118 Å². The molecule has 58 heavy (non-hydrogen) atoms. The molecular weight excluding hydrogens is 767 g/mol. The fraction of sp³-hybridized carbons (Fsp3) is 0.417. The Morgan fingerprint density at radius 2 is 0.879 bits per heavy atom. The van der Waals surface area contributed by atoms with E-state index >= 15 is 0 Å². The van der Waals surface area contributed by atoms with Gasteiger partial charge in [-0.05, 0) is 137 Å². The number of nitriles is 2. The van der Waals surface area contributed by atoms with Gasteiger partial charge in [0.15, 0.2) is 0 Å². The average Bonchev–Trinajstić information content (AvgIpc) is 3.19. The van der Waals surface area contributed by atoms with Gasteiger partial charge in [-0.3, -0.25) is 0 Å². The fourth-order valence-corrected chi connectivity index (χ4v) is 7.91. The number of carbonyl (C=O) groups is 2. The monoisotopic (exact) mass is 820 g/mol. The van der Waals surface area contributed by atoms with E-state index in [0.717, 1.165) is 59.1 Å². The first kappa shape index (κ1) is 44.1. The lowest BCUT2D eigenvalue weighted by Gasteiger charge is -2.35. The molecule has 8 nitrogen and oxygen atoms in total. The van der Waals surface area contributed by atoms with Crippen LogP contribution in [0.5, 0.6) is 0 Å². The van der Waals surface area contributed by atoms with Crippen molar-refractivity contribution in [3.63, 3.8) is 0 Å². The number of amides is 2. The Balaban J connectivity index is 0.000000221. The van der Waals surface area contributed by atoms with Crippen LogP contribution in [0, 0.1) is 34.5 Å². The summed E-state index contributed by atoms with van der Waals surface area (Å²) in [4.78, 5) is 28.2. The first-order valence-corrected chi connectivity index (χ1v) is 20.8. The van der Waals surface area contributed by atoms with Gasteiger partial charge in [0.25, 0.3) is 0 Å². The number of halogens is 2. The minimum Gasteiger partial charge on any atom is -0.444 e. The predicted molar refractivity (Wildman–Crippen MR) is 232 cm³/mol. The molecule has 304 valence electrons. The first-order chi connectivity index (χ1) is 27.6. The molecule has 0 spiro atoms. The van der Waals surface area contributed by atoms with Crippen LogP contribution in [0.25, 0.3) is 22.3 Å². The van der Waals surface area contributed by atoms with Crippen molar-refractivity contribution in [1.82, 2.24) is 9.80 Å². The Morgan fingerprint density at radius 1 is 0.569 bits per heavy atom. The molecule has 4 aromatic rings. The molecule has 6 rings (SSSR count). The second-order valence-electron chi connectivity index (χ2n) is 17.0. The maximum Gasteiger partial charge on any atom is 0.410 e. The highest BCUT2D eigenvalue weighted by molar-refractivity contribution is 6.30. The van der Waals surface area contributed by atoms with Gasteiger partial charge in [0.05, 0.1) is 24.0 Å². The van der Waals surface area contributed by atoms with E-state index in [9.17, 15) is 20.1 Å². The number of ether oxygens (including phenoxy) is 2. The van der Waals surface area contributed by atoms with E-state index in [1.807, 2.05) is 126 Å². The number of carbonyl (C=O) groups excluding carboxylic acids is 2. The average molecular weight is 822 g/mol. The van der Waals surface area contributed by atoms with Crippen LogP contribution in [0.4, 0.5) is 9.59 Å². The van der Waals surface area contributed by atoms with Gasteiger partial charge < -0.3 is 19.3 Å². The minimum absolute atomic E-state index is 0.201. The van der Waals surface area contributed by atoms with Crippen LogP contribution in [-0.2, 0) is 9.47 Å². The molecule has 2 heterocycles. The number of rotatable bonds is 6. The van der Waals surface area contributed by atoms with Crippen molar-refractivity contribution in [2.24, 2.45) is 11.8 Å². The van der Waals surface area contributed by atoms with Gasteiger partial charge in [0.1, 0.15) is 11.2 Å². The molecule has 0 aromatic heterocycles. The van der Waals surface area contributed by atoms with Crippen molar-refractivity contribution >= 4 is 35.4 Å². The zero-order valence-electron chi connectivity index (χ0n) is 34.4. The van der Waals surface area contributed by atoms with E-state index in [0.29, 0.717) is 36.2 Å². The van der Waals surface area contributed by atoms with E-state index in [2.05, 4.69) is 24.3 Å². The molecule has 2 atom stereocenters. The molecule has 2 fully saturated rings. The molecule has 0 unspecified atom stereocenters. The van der Waals surface area contributed by atoms with Crippen LogP contribution in [0.2, 0.25) is 10.0 Å². The lowest BCUT2D eigenvalue weighted by atomic mass is 9.78. The highest BCUT2D eigenvalue weighted by atomic mass is 35.5. The SMILES string of the molecule is CC(C)(C)OC(=O)N1CCC([C@@H](C#N)c2ccccc2-c2ccc(Cl)cc2)CC1.CC(C)(C)OC(=O)N1CCC([C@H](C#N)c2ccccc2-c2ccc(Cl)cc2)CC1. The standard InChI is InChI=1S/2C24H27ClN2O2/c2*1-24(2,3)29-23(28)27-14-12-18(13-15-27)22(16-26)21-7-5-4-6-20(21)17-8-10-19(25)11-9-17/h2*4-11,18,22H,12-15H2,1-3H3/t2*22-/m10/s1. The lowest BCUT2D eigenvalue weighted by molar-refractivity contribution is 0.0169.